The van der Waals surface area contributed by atoms with Gasteiger partial charge in [-0.05, 0) is 50.7 Å². The van der Waals surface area contributed by atoms with Crippen molar-refractivity contribution in [3.8, 4) is 0 Å². The van der Waals surface area contributed by atoms with Crippen molar-refractivity contribution in [2.45, 2.75) is 89.7 Å². The molecule has 0 heterocycles. The van der Waals surface area contributed by atoms with Crippen LogP contribution in [0, 0.1) is 5.92 Å². The van der Waals surface area contributed by atoms with Crippen LogP contribution in [0.3, 0.4) is 0 Å². The Morgan fingerprint density at radius 3 is 2.28 bits per heavy atom. The van der Waals surface area contributed by atoms with Crippen molar-refractivity contribution in [2.24, 2.45) is 5.92 Å². The highest BCUT2D eigenvalue weighted by Gasteiger charge is 2.21. The topological polar surface area (TPSA) is 68.3 Å². The molecule has 2 rings (SSSR count). The Kier molecular flexibility index (Phi) is 9.54. The van der Waals surface area contributed by atoms with Gasteiger partial charge in [-0.2, -0.15) is 0 Å². The van der Waals surface area contributed by atoms with Gasteiger partial charge in [0.1, 0.15) is 11.6 Å². The summed E-state index contributed by atoms with van der Waals surface area (Å²) in [6, 6.07) is 7.85. The summed E-state index contributed by atoms with van der Waals surface area (Å²) in [6.07, 6.45) is 9.05. The van der Waals surface area contributed by atoms with Crippen LogP contribution in [-0.4, -0.2) is 31.0 Å². The molecule has 1 aliphatic rings. The maximum absolute atomic E-state index is 12.5. The number of Topliss-reactive ketones (excluding diaryl/α,β-unsaturated/α-hetero) is 2. The Labute approximate surface area is 176 Å². The van der Waals surface area contributed by atoms with E-state index in [1.807, 2.05) is 24.3 Å². The summed E-state index contributed by atoms with van der Waals surface area (Å²) < 4.78 is 23.6. The first-order valence-electron chi connectivity index (χ1n) is 11.1. The monoisotopic (exact) mass is 420 g/mol. The highest BCUT2D eigenvalue weighted by Crippen LogP contribution is 2.25. The van der Waals surface area contributed by atoms with Crippen LogP contribution in [-0.2, 0) is 32.3 Å². The fourth-order valence-corrected chi connectivity index (χ4v) is 5.05. The first kappa shape index (κ1) is 23.8. The molecular formula is C24H36O4S. The third-order valence-corrected chi connectivity index (χ3v) is 8.23. The van der Waals surface area contributed by atoms with E-state index >= 15 is 0 Å². The Morgan fingerprint density at radius 1 is 0.966 bits per heavy atom. The zero-order valence-corrected chi connectivity index (χ0v) is 18.8. The summed E-state index contributed by atoms with van der Waals surface area (Å²) in [5.41, 5.74) is 1.97. The van der Waals surface area contributed by atoms with Crippen LogP contribution in [0.25, 0.3) is 0 Å². The average Bonchev–Trinajstić information content (AvgIpc) is 2.68. The van der Waals surface area contributed by atoms with Gasteiger partial charge in [-0.15, -0.1) is 0 Å². The number of ketones is 2. The molecule has 0 spiro atoms. The van der Waals surface area contributed by atoms with Crippen molar-refractivity contribution in [3.63, 3.8) is 0 Å². The minimum Gasteiger partial charge on any atom is -0.299 e. The van der Waals surface area contributed by atoms with E-state index in [0.29, 0.717) is 31.5 Å². The molecule has 0 N–H and O–H groups in total. The van der Waals surface area contributed by atoms with Crippen LogP contribution in [0.4, 0.5) is 0 Å². The molecule has 4 nitrogen and oxygen atoms in total. The van der Waals surface area contributed by atoms with E-state index in [1.54, 1.807) is 13.8 Å². The van der Waals surface area contributed by atoms with Gasteiger partial charge in [0.25, 0.3) is 0 Å². The molecule has 0 aromatic heterocycles. The maximum atomic E-state index is 12.5. The largest absolute Gasteiger partial charge is 0.299 e. The predicted molar refractivity (Wildman–Crippen MR) is 118 cm³/mol. The van der Waals surface area contributed by atoms with Gasteiger partial charge in [-0.25, -0.2) is 8.42 Å². The van der Waals surface area contributed by atoms with Crippen molar-refractivity contribution < 1.29 is 18.0 Å². The fourth-order valence-electron chi connectivity index (χ4n) is 3.97. The summed E-state index contributed by atoms with van der Waals surface area (Å²) in [5.74, 6) is 0.932. The molecule has 1 aromatic rings. The van der Waals surface area contributed by atoms with Crippen molar-refractivity contribution in [1.82, 2.24) is 0 Å². The van der Waals surface area contributed by atoms with Crippen molar-refractivity contribution in [1.29, 1.82) is 0 Å². The molecule has 0 amide bonds. The van der Waals surface area contributed by atoms with Gasteiger partial charge in [0.15, 0.2) is 9.84 Å². The van der Waals surface area contributed by atoms with Gasteiger partial charge in [0.2, 0.25) is 0 Å². The molecule has 1 aliphatic carbocycles. The molecule has 29 heavy (non-hydrogen) atoms. The number of carbonyl (C=O) groups excluding carboxylic acids is 2. The number of hydrogen-bond acceptors (Lipinski definition) is 4. The van der Waals surface area contributed by atoms with Crippen molar-refractivity contribution in [2.75, 3.05) is 5.75 Å². The van der Waals surface area contributed by atoms with Crippen molar-refractivity contribution in [3.05, 3.63) is 35.4 Å². The minimum atomic E-state index is -2.98. The van der Waals surface area contributed by atoms with Crippen molar-refractivity contribution >= 4 is 21.4 Å². The third kappa shape index (κ3) is 8.41. The molecule has 1 saturated carbocycles. The molecule has 0 aliphatic heterocycles. The van der Waals surface area contributed by atoms with Gasteiger partial charge in [0, 0.05) is 25.2 Å². The highest BCUT2D eigenvalue weighted by molar-refractivity contribution is 7.91. The van der Waals surface area contributed by atoms with E-state index in [-0.39, 0.29) is 22.7 Å². The fraction of sp³-hybridized carbons (Fsp3) is 0.667. The molecule has 0 bridgehead atoms. The van der Waals surface area contributed by atoms with Gasteiger partial charge in [-0.3, -0.25) is 9.59 Å². The maximum Gasteiger partial charge on any atom is 0.152 e. The first-order chi connectivity index (χ1) is 13.8. The number of sulfone groups is 1. The summed E-state index contributed by atoms with van der Waals surface area (Å²) in [6.45, 7) is 3.41. The average molecular weight is 421 g/mol. The molecule has 1 aromatic carbocycles. The molecule has 0 atom stereocenters. The third-order valence-electron chi connectivity index (χ3n) is 5.93. The lowest BCUT2D eigenvalue weighted by Crippen LogP contribution is -2.19. The van der Waals surface area contributed by atoms with Gasteiger partial charge < -0.3 is 0 Å². The van der Waals surface area contributed by atoms with E-state index < -0.39 is 9.84 Å². The van der Waals surface area contributed by atoms with Crippen LogP contribution in [0.2, 0.25) is 0 Å². The molecule has 0 unspecified atom stereocenters. The molecule has 5 heteroatoms. The highest BCUT2D eigenvalue weighted by atomic mass is 32.2. The number of rotatable bonds is 12. The van der Waals surface area contributed by atoms with E-state index in [0.717, 1.165) is 49.7 Å². The van der Waals surface area contributed by atoms with E-state index in [4.69, 9.17) is 0 Å². The Hall–Kier alpha value is -1.49. The Balaban J connectivity index is 1.73. The molecule has 1 fully saturated rings. The number of benzene rings is 1. The first-order valence-corrected chi connectivity index (χ1v) is 12.8. The smallest absolute Gasteiger partial charge is 0.152 e. The number of carbonyl (C=O) groups is 2. The van der Waals surface area contributed by atoms with Gasteiger partial charge >= 0.3 is 0 Å². The second-order valence-corrected chi connectivity index (χ2v) is 11.4. The zero-order chi connectivity index (χ0) is 21.3. The molecule has 0 radical (unpaired) electrons. The minimum absolute atomic E-state index is 0.174. The quantitative estimate of drug-likeness (QED) is 0.452. The van der Waals surface area contributed by atoms with E-state index in [9.17, 15) is 18.0 Å². The summed E-state index contributed by atoms with van der Waals surface area (Å²) in [5, 5.41) is -0.332. The summed E-state index contributed by atoms with van der Waals surface area (Å²) >= 11 is 0. The summed E-state index contributed by atoms with van der Waals surface area (Å²) in [7, 11) is -2.98. The normalized spacial score (nSPS) is 15.6. The van der Waals surface area contributed by atoms with Crippen LogP contribution in [0.5, 0.6) is 0 Å². The lowest BCUT2D eigenvalue weighted by molar-refractivity contribution is -0.123. The predicted octanol–water partition coefficient (Wildman–Crippen LogP) is 4.87. The second-order valence-electron chi connectivity index (χ2n) is 8.74. The van der Waals surface area contributed by atoms with E-state index in [2.05, 4.69) is 0 Å². The van der Waals surface area contributed by atoms with Crippen LogP contribution in [0.1, 0.15) is 82.8 Å². The molecule has 162 valence electrons. The van der Waals surface area contributed by atoms with Crippen LogP contribution in [0.15, 0.2) is 24.3 Å². The van der Waals surface area contributed by atoms with E-state index in [1.165, 1.54) is 6.42 Å². The second kappa shape index (κ2) is 11.6. The van der Waals surface area contributed by atoms with Crippen LogP contribution >= 0.6 is 0 Å². The zero-order valence-electron chi connectivity index (χ0n) is 18.0. The van der Waals surface area contributed by atoms with Gasteiger partial charge in [0.05, 0.1) is 11.0 Å². The summed E-state index contributed by atoms with van der Waals surface area (Å²) in [4.78, 5) is 24.8. The lowest BCUT2D eigenvalue weighted by atomic mass is 9.84. The van der Waals surface area contributed by atoms with Crippen LogP contribution < -0.4 is 0 Å². The molecular weight excluding hydrogens is 384 g/mol. The molecule has 0 saturated heterocycles. The number of hydrogen-bond donors (Lipinski definition) is 0. The Morgan fingerprint density at radius 2 is 1.62 bits per heavy atom. The standard InChI is InChI=1S/C24H36O4S/c1-19(2)29(27,28)15-8-4-7-14-23(25)17-20-10-9-11-21(16-20)18-24(26)22-12-5-3-6-13-22/h9-11,16,19,22H,3-8,12-15,17-18H2,1-2H3. The SMILES string of the molecule is CC(C)S(=O)(=O)CCCCCC(=O)Cc1cccc(CC(=O)C2CCCCC2)c1. The Bertz CT molecular complexity index is 774. The van der Waals surface area contributed by atoms with Gasteiger partial charge in [-0.1, -0.05) is 49.9 Å². The lowest BCUT2D eigenvalue weighted by Gasteiger charge is -2.20. The number of unbranched alkanes of at least 4 members (excludes halogenated alkanes) is 2.